The number of hydrogen-bond acceptors (Lipinski definition) is 4. The van der Waals surface area contributed by atoms with Crippen LogP contribution in [0.5, 0.6) is 0 Å². The molecule has 0 saturated heterocycles. The van der Waals surface area contributed by atoms with Gasteiger partial charge in [-0.05, 0) is 24.3 Å². The molecule has 88 valence electrons. The fourth-order valence-corrected chi connectivity index (χ4v) is 2.27. The van der Waals surface area contributed by atoms with E-state index in [0.29, 0.717) is 21.0 Å². The third-order valence-corrected chi connectivity index (χ3v) is 3.62. The molecule has 1 aromatic heterocycles. The highest BCUT2D eigenvalue weighted by atomic mass is 35.5. The van der Waals surface area contributed by atoms with Crippen molar-refractivity contribution in [1.82, 2.24) is 9.97 Å². The van der Waals surface area contributed by atoms with Crippen molar-refractivity contribution in [2.75, 3.05) is 12.4 Å². The van der Waals surface area contributed by atoms with Gasteiger partial charge in [0.05, 0.1) is 11.2 Å². The Morgan fingerprint density at radius 3 is 2.53 bits per heavy atom. The Morgan fingerprint density at radius 2 is 1.88 bits per heavy atom. The molecule has 17 heavy (non-hydrogen) atoms. The summed E-state index contributed by atoms with van der Waals surface area (Å²) >= 11 is 13.3. The molecule has 0 fully saturated rings. The second-order valence-corrected chi connectivity index (χ2v) is 5.06. The molecule has 3 nitrogen and oxygen atoms in total. The Kier molecular flexibility index (Phi) is 4.10. The maximum atomic E-state index is 6.03. The normalized spacial score (nSPS) is 10.3. The van der Waals surface area contributed by atoms with Crippen molar-refractivity contribution in [3.8, 4) is 0 Å². The lowest BCUT2D eigenvalue weighted by Crippen LogP contribution is -1.96. The number of anilines is 1. The van der Waals surface area contributed by atoms with Gasteiger partial charge in [-0.25, -0.2) is 9.97 Å². The number of aromatic nitrogens is 2. The minimum Gasteiger partial charge on any atom is -0.357 e. The van der Waals surface area contributed by atoms with Crippen molar-refractivity contribution in [2.45, 2.75) is 9.92 Å². The Labute approximate surface area is 114 Å². The predicted molar refractivity (Wildman–Crippen MR) is 72.2 cm³/mol. The highest BCUT2D eigenvalue weighted by molar-refractivity contribution is 7.99. The molecule has 2 aromatic rings. The van der Waals surface area contributed by atoms with Gasteiger partial charge in [0.15, 0.2) is 0 Å². The second kappa shape index (κ2) is 5.58. The zero-order valence-electron chi connectivity index (χ0n) is 8.95. The molecule has 1 N–H and O–H groups in total. The fourth-order valence-electron chi connectivity index (χ4n) is 1.16. The zero-order valence-corrected chi connectivity index (χ0v) is 11.3. The summed E-state index contributed by atoms with van der Waals surface area (Å²) < 4.78 is 0. The van der Waals surface area contributed by atoms with Crippen molar-refractivity contribution in [1.29, 1.82) is 0 Å². The number of nitrogens with zero attached hydrogens (tertiary/aromatic N) is 2. The molecular formula is C11H9Cl2N3S. The molecule has 6 heteroatoms. The smallest absolute Gasteiger partial charge is 0.223 e. The van der Waals surface area contributed by atoms with Crippen LogP contribution in [0.2, 0.25) is 10.0 Å². The summed E-state index contributed by atoms with van der Waals surface area (Å²) in [5.74, 6) is 0.547. The molecule has 0 bridgehead atoms. The number of nitrogens with one attached hydrogen (secondary N) is 1. The molecule has 0 unspecified atom stereocenters. The summed E-state index contributed by atoms with van der Waals surface area (Å²) in [7, 11) is 1.76. The number of benzene rings is 1. The largest absolute Gasteiger partial charge is 0.357 e. The molecular weight excluding hydrogens is 277 g/mol. The molecule has 0 saturated carbocycles. The number of rotatable bonds is 3. The Hall–Kier alpha value is -0.970. The van der Waals surface area contributed by atoms with Crippen LogP contribution in [-0.2, 0) is 0 Å². The Morgan fingerprint density at radius 1 is 1.18 bits per heavy atom. The van der Waals surface area contributed by atoms with Gasteiger partial charge in [0.1, 0.15) is 5.03 Å². The van der Waals surface area contributed by atoms with Crippen LogP contribution in [0.1, 0.15) is 0 Å². The third-order valence-electron chi connectivity index (χ3n) is 1.96. The van der Waals surface area contributed by atoms with Gasteiger partial charge in [-0.1, -0.05) is 35.0 Å². The van der Waals surface area contributed by atoms with E-state index in [1.165, 1.54) is 11.8 Å². The van der Waals surface area contributed by atoms with Crippen LogP contribution in [-0.4, -0.2) is 17.0 Å². The van der Waals surface area contributed by atoms with Gasteiger partial charge in [-0.3, -0.25) is 0 Å². The summed E-state index contributed by atoms with van der Waals surface area (Å²) in [4.78, 5) is 9.33. The summed E-state index contributed by atoms with van der Waals surface area (Å²) in [6.07, 6.45) is 1.58. The zero-order chi connectivity index (χ0) is 12.3. The number of hydrogen-bond donors (Lipinski definition) is 1. The van der Waals surface area contributed by atoms with Crippen LogP contribution in [0.3, 0.4) is 0 Å². The van der Waals surface area contributed by atoms with Crippen LogP contribution in [0.15, 0.2) is 40.4 Å². The van der Waals surface area contributed by atoms with E-state index in [-0.39, 0.29) is 0 Å². The third kappa shape index (κ3) is 3.25. The van der Waals surface area contributed by atoms with Crippen molar-refractivity contribution in [3.05, 3.63) is 40.5 Å². The molecule has 2 rings (SSSR count). The predicted octanol–water partition coefficient (Wildman–Crippen LogP) is 3.98. The minimum absolute atomic E-state index is 0.531. The maximum absolute atomic E-state index is 6.03. The van der Waals surface area contributed by atoms with Crippen molar-refractivity contribution >= 4 is 40.9 Å². The van der Waals surface area contributed by atoms with Gasteiger partial charge >= 0.3 is 0 Å². The van der Waals surface area contributed by atoms with Crippen LogP contribution >= 0.6 is 35.0 Å². The lowest BCUT2D eigenvalue weighted by molar-refractivity contribution is 1.05. The summed E-state index contributed by atoms with van der Waals surface area (Å²) in [6.45, 7) is 0. The molecule has 0 amide bonds. The second-order valence-electron chi connectivity index (χ2n) is 3.15. The molecule has 1 heterocycles. The van der Waals surface area contributed by atoms with Gasteiger partial charge in [0.25, 0.3) is 0 Å². The quantitative estimate of drug-likeness (QED) is 0.866. The van der Waals surface area contributed by atoms with Gasteiger partial charge in [-0.2, -0.15) is 0 Å². The average Bonchev–Trinajstić information content (AvgIpc) is 2.35. The van der Waals surface area contributed by atoms with Crippen molar-refractivity contribution in [2.24, 2.45) is 0 Å². The first-order chi connectivity index (χ1) is 8.19. The molecule has 0 atom stereocenters. The van der Waals surface area contributed by atoms with E-state index in [1.807, 2.05) is 24.3 Å². The summed E-state index contributed by atoms with van der Waals surface area (Å²) in [5, 5.41) is 4.83. The summed E-state index contributed by atoms with van der Waals surface area (Å²) in [5.41, 5.74) is 0. The Bertz CT molecular complexity index is 517. The highest BCUT2D eigenvalue weighted by Crippen LogP contribution is 2.32. The minimum atomic E-state index is 0.531. The molecule has 1 aromatic carbocycles. The van der Waals surface area contributed by atoms with E-state index >= 15 is 0 Å². The SMILES string of the molecule is CNc1ncc(Cl)c(Sc2ccc(Cl)cc2)n1. The molecule has 0 aliphatic rings. The van der Waals surface area contributed by atoms with Crippen LogP contribution in [0.4, 0.5) is 5.95 Å². The van der Waals surface area contributed by atoms with Gasteiger partial charge in [0.2, 0.25) is 5.95 Å². The van der Waals surface area contributed by atoms with Crippen molar-refractivity contribution < 1.29 is 0 Å². The maximum Gasteiger partial charge on any atom is 0.223 e. The molecule has 0 radical (unpaired) electrons. The monoisotopic (exact) mass is 285 g/mol. The van der Waals surface area contributed by atoms with E-state index in [9.17, 15) is 0 Å². The van der Waals surface area contributed by atoms with Gasteiger partial charge < -0.3 is 5.32 Å². The highest BCUT2D eigenvalue weighted by Gasteiger charge is 2.06. The molecule has 0 aliphatic heterocycles. The average molecular weight is 286 g/mol. The van der Waals surface area contributed by atoms with Gasteiger partial charge in [0, 0.05) is 17.0 Å². The summed E-state index contributed by atoms with van der Waals surface area (Å²) in [6, 6.07) is 7.50. The molecule has 0 spiro atoms. The van der Waals surface area contributed by atoms with E-state index in [0.717, 1.165) is 4.90 Å². The van der Waals surface area contributed by atoms with Gasteiger partial charge in [-0.15, -0.1) is 0 Å². The first-order valence-electron chi connectivity index (χ1n) is 4.83. The van der Waals surface area contributed by atoms with Crippen molar-refractivity contribution in [3.63, 3.8) is 0 Å². The standard InChI is InChI=1S/C11H9Cl2N3S/c1-14-11-15-6-9(13)10(16-11)17-8-4-2-7(12)3-5-8/h2-6H,1H3,(H,14,15,16). The topological polar surface area (TPSA) is 37.8 Å². The number of halogens is 2. The lowest BCUT2D eigenvalue weighted by Gasteiger charge is -2.05. The van der Waals surface area contributed by atoms with Crippen LogP contribution < -0.4 is 5.32 Å². The van der Waals surface area contributed by atoms with E-state index in [4.69, 9.17) is 23.2 Å². The first-order valence-corrected chi connectivity index (χ1v) is 6.40. The van der Waals surface area contributed by atoms with E-state index in [1.54, 1.807) is 13.2 Å². The molecule has 0 aliphatic carbocycles. The Balaban J connectivity index is 2.25. The van der Waals surface area contributed by atoms with Crippen LogP contribution in [0.25, 0.3) is 0 Å². The van der Waals surface area contributed by atoms with Crippen LogP contribution in [0, 0.1) is 0 Å². The first kappa shape index (κ1) is 12.5. The van der Waals surface area contributed by atoms with E-state index in [2.05, 4.69) is 15.3 Å². The lowest BCUT2D eigenvalue weighted by atomic mass is 10.4. The van der Waals surface area contributed by atoms with E-state index < -0.39 is 0 Å². The fraction of sp³-hybridized carbons (Fsp3) is 0.0909.